The number of aromatic hydroxyl groups is 1. The van der Waals surface area contributed by atoms with E-state index in [0.29, 0.717) is 17.6 Å². The maximum absolute atomic E-state index is 12.4. The van der Waals surface area contributed by atoms with E-state index in [0.717, 1.165) is 22.5 Å². The van der Waals surface area contributed by atoms with Gasteiger partial charge in [-0.2, -0.15) is 0 Å². The molecule has 0 amide bonds. The van der Waals surface area contributed by atoms with Gasteiger partial charge in [-0.15, -0.1) is 0 Å². The van der Waals surface area contributed by atoms with Crippen LogP contribution in [0.25, 0.3) is 16.6 Å². The van der Waals surface area contributed by atoms with Gasteiger partial charge in [0.15, 0.2) is 0 Å². The van der Waals surface area contributed by atoms with E-state index in [1.54, 1.807) is 19.1 Å². The van der Waals surface area contributed by atoms with Crippen LogP contribution in [0.2, 0.25) is 0 Å². The Kier molecular flexibility index (Phi) is 3.82. The molecule has 0 aliphatic rings. The van der Waals surface area contributed by atoms with Gasteiger partial charge in [0.05, 0.1) is 17.7 Å². The van der Waals surface area contributed by atoms with E-state index in [9.17, 15) is 9.90 Å². The summed E-state index contributed by atoms with van der Waals surface area (Å²) in [7, 11) is 0. The Labute approximate surface area is 134 Å². The highest BCUT2D eigenvalue weighted by Crippen LogP contribution is 2.33. The summed E-state index contributed by atoms with van der Waals surface area (Å²) >= 11 is 0. The molecule has 0 aliphatic carbocycles. The average molecular weight is 309 g/mol. The molecule has 0 fully saturated rings. The summed E-state index contributed by atoms with van der Waals surface area (Å²) < 4.78 is 7.24. The number of hydrogen-bond acceptors (Lipinski definition) is 3. The first kappa shape index (κ1) is 15.2. The summed E-state index contributed by atoms with van der Waals surface area (Å²) in [6, 6.07) is 13.1. The third kappa shape index (κ3) is 2.46. The Morgan fingerprint density at radius 2 is 1.91 bits per heavy atom. The molecule has 0 saturated heterocycles. The SMILES string of the molecule is CCOC(=O)c1c(C)n(-c2ccccc2C)c2ccc(O)cc12. The molecule has 23 heavy (non-hydrogen) atoms. The minimum atomic E-state index is -0.368. The van der Waals surface area contributed by atoms with E-state index in [2.05, 4.69) is 0 Å². The number of aromatic nitrogens is 1. The maximum Gasteiger partial charge on any atom is 0.340 e. The minimum absolute atomic E-state index is 0.130. The van der Waals surface area contributed by atoms with Crippen molar-refractivity contribution in [1.82, 2.24) is 4.57 Å². The fraction of sp³-hybridized carbons (Fsp3) is 0.211. The van der Waals surface area contributed by atoms with Gasteiger partial charge in [-0.25, -0.2) is 4.79 Å². The quantitative estimate of drug-likeness (QED) is 0.740. The van der Waals surface area contributed by atoms with Gasteiger partial charge in [-0.05, 0) is 50.6 Å². The standard InChI is InChI=1S/C19H19NO3/c1-4-23-19(22)18-13(3)20(16-8-6-5-7-12(16)2)17-10-9-14(21)11-15(17)18/h5-11,21H,4H2,1-3H3. The number of nitrogens with zero attached hydrogens (tertiary/aromatic N) is 1. The second-order valence-electron chi connectivity index (χ2n) is 5.50. The Bertz CT molecular complexity index is 893. The van der Waals surface area contributed by atoms with Crippen LogP contribution >= 0.6 is 0 Å². The zero-order valence-electron chi connectivity index (χ0n) is 13.5. The van der Waals surface area contributed by atoms with Crippen molar-refractivity contribution in [3.63, 3.8) is 0 Å². The highest BCUT2D eigenvalue weighted by Gasteiger charge is 2.22. The predicted molar refractivity (Wildman–Crippen MR) is 90.4 cm³/mol. The highest BCUT2D eigenvalue weighted by molar-refractivity contribution is 6.07. The van der Waals surface area contributed by atoms with E-state index in [1.165, 1.54) is 0 Å². The lowest BCUT2D eigenvalue weighted by atomic mass is 10.1. The van der Waals surface area contributed by atoms with Gasteiger partial charge in [0.1, 0.15) is 5.75 Å². The van der Waals surface area contributed by atoms with Crippen LogP contribution in [0.15, 0.2) is 42.5 Å². The summed E-state index contributed by atoms with van der Waals surface area (Å²) in [5.41, 5.74) is 4.30. The highest BCUT2D eigenvalue weighted by atomic mass is 16.5. The number of hydrogen-bond donors (Lipinski definition) is 1. The third-order valence-corrected chi connectivity index (χ3v) is 4.02. The number of esters is 1. The van der Waals surface area contributed by atoms with E-state index in [4.69, 9.17) is 4.74 Å². The molecule has 118 valence electrons. The number of ether oxygens (including phenoxy) is 1. The molecule has 0 radical (unpaired) electrons. The summed E-state index contributed by atoms with van der Waals surface area (Å²) in [6.45, 7) is 6.03. The molecule has 0 aliphatic heterocycles. The number of benzene rings is 2. The van der Waals surface area contributed by atoms with Crippen LogP contribution in [0.1, 0.15) is 28.5 Å². The minimum Gasteiger partial charge on any atom is -0.508 e. The van der Waals surface area contributed by atoms with Gasteiger partial charge >= 0.3 is 5.97 Å². The molecule has 0 unspecified atom stereocenters. The normalized spacial score (nSPS) is 10.9. The third-order valence-electron chi connectivity index (χ3n) is 4.02. The lowest BCUT2D eigenvalue weighted by Gasteiger charge is -2.11. The smallest absolute Gasteiger partial charge is 0.340 e. The number of aryl methyl sites for hydroxylation is 1. The lowest BCUT2D eigenvalue weighted by Crippen LogP contribution is -2.07. The molecule has 1 heterocycles. The molecule has 4 nitrogen and oxygen atoms in total. The first-order chi connectivity index (χ1) is 11.0. The number of rotatable bonds is 3. The average Bonchev–Trinajstić information content (AvgIpc) is 2.79. The zero-order valence-corrected chi connectivity index (χ0v) is 13.5. The van der Waals surface area contributed by atoms with Crippen molar-refractivity contribution in [2.45, 2.75) is 20.8 Å². The van der Waals surface area contributed by atoms with Gasteiger partial charge in [-0.3, -0.25) is 0 Å². The van der Waals surface area contributed by atoms with Crippen LogP contribution in [0, 0.1) is 13.8 Å². The van der Waals surface area contributed by atoms with Crippen LogP contribution < -0.4 is 0 Å². The summed E-state index contributed by atoms with van der Waals surface area (Å²) in [4.78, 5) is 12.4. The van der Waals surface area contributed by atoms with E-state index in [1.807, 2.05) is 48.7 Å². The van der Waals surface area contributed by atoms with Crippen molar-refractivity contribution in [3.8, 4) is 11.4 Å². The van der Waals surface area contributed by atoms with E-state index < -0.39 is 0 Å². The molecule has 1 aromatic heterocycles. The summed E-state index contributed by atoms with van der Waals surface area (Å²) in [5.74, 6) is -0.238. The molecular weight excluding hydrogens is 290 g/mol. The molecule has 2 aromatic carbocycles. The number of phenols is 1. The Morgan fingerprint density at radius 1 is 1.17 bits per heavy atom. The van der Waals surface area contributed by atoms with Gasteiger partial charge in [-0.1, -0.05) is 18.2 Å². The molecule has 0 saturated carbocycles. The molecule has 0 atom stereocenters. The molecule has 3 rings (SSSR count). The lowest BCUT2D eigenvalue weighted by molar-refractivity contribution is 0.0527. The number of carbonyl (C=O) groups excluding carboxylic acids is 1. The van der Waals surface area contributed by atoms with Gasteiger partial charge in [0.2, 0.25) is 0 Å². The van der Waals surface area contributed by atoms with Crippen LogP contribution in [-0.2, 0) is 4.74 Å². The van der Waals surface area contributed by atoms with Crippen molar-refractivity contribution in [1.29, 1.82) is 0 Å². The predicted octanol–water partition coefficient (Wildman–Crippen LogP) is 4.13. The largest absolute Gasteiger partial charge is 0.508 e. The van der Waals surface area contributed by atoms with Crippen molar-refractivity contribution in [2.75, 3.05) is 6.61 Å². The van der Waals surface area contributed by atoms with Crippen molar-refractivity contribution < 1.29 is 14.6 Å². The van der Waals surface area contributed by atoms with Crippen molar-refractivity contribution in [2.24, 2.45) is 0 Å². The molecule has 4 heteroatoms. The maximum atomic E-state index is 12.4. The second kappa shape index (κ2) is 5.80. The Morgan fingerprint density at radius 3 is 2.61 bits per heavy atom. The topological polar surface area (TPSA) is 51.5 Å². The van der Waals surface area contributed by atoms with Crippen LogP contribution in [-0.4, -0.2) is 22.2 Å². The monoisotopic (exact) mass is 309 g/mol. The molecule has 0 spiro atoms. The fourth-order valence-corrected chi connectivity index (χ4v) is 2.99. The van der Waals surface area contributed by atoms with Crippen molar-refractivity contribution in [3.05, 3.63) is 59.3 Å². The number of para-hydroxylation sites is 1. The van der Waals surface area contributed by atoms with Gasteiger partial charge in [0.25, 0.3) is 0 Å². The molecular formula is C19H19NO3. The van der Waals surface area contributed by atoms with E-state index in [-0.39, 0.29) is 11.7 Å². The van der Waals surface area contributed by atoms with Crippen LogP contribution in [0.5, 0.6) is 5.75 Å². The van der Waals surface area contributed by atoms with Gasteiger partial charge in [0, 0.05) is 16.8 Å². The molecule has 1 N–H and O–H groups in total. The summed E-state index contributed by atoms with van der Waals surface area (Å²) in [5, 5.41) is 10.5. The second-order valence-corrected chi connectivity index (χ2v) is 5.50. The number of phenolic OH excluding ortho intramolecular Hbond substituents is 1. The molecule has 0 bridgehead atoms. The molecule has 3 aromatic rings. The Balaban J connectivity index is 2.37. The number of carbonyl (C=O) groups is 1. The zero-order chi connectivity index (χ0) is 16.6. The van der Waals surface area contributed by atoms with Crippen molar-refractivity contribution >= 4 is 16.9 Å². The summed E-state index contributed by atoms with van der Waals surface area (Å²) in [6.07, 6.45) is 0. The fourth-order valence-electron chi connectivity index (χ4n) is 2.99. The number of fused-ring (bicyclic) bond motifs is 1. The first-order valence-corrected chi connectivity index (χ1v) is 7.61. The van der Waals surface area contributed by atoms with E-state index >= 15 is 0 Å². The Hall–Kier alpha value is -2.75. The first-order valence-electron chi connectivity index (χ1n) is 7.61. The van der Waals surface area contributed by atoms with Crippen LogP contribution in [0.3, 0.4) is 0 Å². The van der Waals surface area contributed by atoms with Crippen LogP contribution in [0.4, 0.5) is 0 Å². The van der Waals surface area contributed by atoms with Gasteiger partial charge < -0.3 is 14.4 Å².